The maximum atomic E-state index is 13.5. The third-order valence-corrected chi connectivity index (χ3v) is 8.74. The fourth-order valence-corrected chi connectivity index (χ4v) is 6.53. The number of nitrogens with zero attached hydrogens (tertiary/aromatic N) is 2. The van der Waals surface area contributed by atoms with E-state index in [1.165, 1.54) is 18.6 Å². The second-order valence-corrected chi connectivity index (χ2v) is 12.7. The number of anilines is 2. The quantitative estimate of drug-likeness (QED) is 0.485. The summed E-state index contributed by atoms with van der Waals surface area (Å²) in [5, 5.41) is 13.7. The van der Waals surface area contributed by atoms with E-state index in [4.69, 9.17) is 0 Å². The molecule has 12 heteroatoms. The Kier molecular flexibility index (Phi) is 8.19. The van der Waals surface area contributed by atoms with Crippen molar-refractivity contribution in [2.45, 2.75) is 56.9 Å². The van der Waals surface area contributed by atoms with Crippen molar-refractivity contribution in [2.24, 2.45) is 16.2 Å². The van der Waals surface area contributed by atoms with Crippen LogP contribution in [0.4, 0.5) is 11.4 Å². The molecule has 0 radical (unpaired) electrons. The zero-order valence-electron chi connectivity index (χ0n) is 20.8. The highest BCUT2D eigenvalue weighted by molar-refractivity contribution is 7.92. The van der Waals surface area contributed by atoms with Gasteiger partial charge in [0.2, 0.25) is 10.0 Å². The summed E-state index contributed by atoms with van der Waals surface area (Å²) in [6, 6.07) is 3.72. The molecule has 198 valence electrons. The Morgan fingerprint density at radius 3 is 2.44 bits per heavy atom. The molecule has 0 aromatic heterocycles. The van der Waals surface area contributed by atoms with Crippen molar-refractivity contribution in [1.82, 2.24) is 4.90 Å². The van der Waals surface area contributed by atoms with E-state index in [2.05, 4.69) is 27.6 Å². The number of amidine groups is 1. The van der Waals surface area contributed by atoms with Crippen LogP contribution < -0.4 is 10.0 Å². The minimum Gasteiger partial charge on any atom is -0.511 e. The average Bonchev–Trinajstić information content (AvgIpc) is 2.82. The van der Waals surface area contributed by atoms with E-state index in [1.54, 1.807) is 11.8 Å². The summed E-state index contributed by atoms with van der Waals surface area (Å²) in [6.07, 6.45) is 6.50. The third-order valence-electron chi connectivity index (χ3n) is 6.82. The van der Waals surface area contributed by atoms with Crippen LogP contribution in [0, 0.1) is 11.8 Å². The van der Waals surface area contributed by atoms with Gasteiger partial charge in [0.15, 0.2) is 5.84 Å². The standard InChI is InChI=1S/C22H30N4O6S2.C2H4/c1-13-14(2)26(12-15-7-5-4-6-8-15)22(28)19(20(13)27)21-23-17-10-9-16(24-33(3,29)30)11-18(17)34(31,32)25-21;1-2/h9-11,13-15,24,27H,4-8,12H2,1-3H3,(H,23,25);1-2H2/t13-,14+;/m1./s1. The number of carbonyl (C=O) groups is 1. The van der Waals surface area contributed by atoms with Gasteiger partial charge in [0.25, 0.3) is 15.9 Å². The molecule has 2 aliphatic heterocycles. The van der Waals surface area contributed by atoms with E-state index >= 15 is 0 Å². The van der Waals surface area contributed by atoms with E-state index in [-0.39, 0.29) is 39.5 Å². The largest absolute Gasteiger partial charge is 0.511 e. The molecule has 1 aromatic carbocycles. The minimum atomic E-state index is -4.27. The summed E-state index contributed by atoms with van der Waals surface area (Å²) in [5.74, 6) is -0.899. The van der Waals surface area contributed by atoms with Gasteiger partial charge in [0, 0.05) is 24.2 Å². The monoisotopic (exact) mass is 538 g/mol. The van der Waals surface area contributed by atoms with Crippen LogP contribution in [0.15, 0.2) is 52.0 Å². The number of amides is 1. The molecule has 2 atom stereocenters. The molecular weight excluding hydrogens is 504 g/mol. The highest BCUT2D eigenvalue weighted by atomic mass is 32.2. The molecule has 10 nitrogen and oxygen atoms in total. The highest BCUT2D eigenvalue weighted by Gasteiger charge is 2.42. The molecule has 0 saturated heterocycles. The summed E-state index contributed by atoms with van der Waals surface area (Å²) >= 11 is 0. The van der Waals surface area contributed by atoms with E-state index < -0.39 is 31.9 Å². The maximum absolute atomic E-state index is 13.5. The second kappa shape index (κ2) is 10.6. The molecule has 1 saturated carbocycles. The fraction of sp³-hybridized carbons (Fsp3) is 0.500. The van der Waals surface area contributed by atoms with Gasteiger partial charge in [-0.3, -0.25) is 9.52 Å². The van der Waals surface area contributed by atoms with Crippen molar-refractivity contribution >= 4 is 43.2 Å². The number of aliphatic hydroxyl groups is 1. The summed E-state index contributed by atoms with van der Waals surface area (Å²) in [5.41, 5.74) is 0.0680. The number of rotatable bonds is 5. The zero-order valence-corrected chi connectivity index (χ0v) is 22.5. The number of hydrogen-bond acceptors (Lipinski definition) is 7. The lowest BCUT2D eigenvalue weighted by atomic mass is 9.85. The lowest BCUT2D eigenvalue weighted by molar-refractivity contribution is -0.132. The smallest absolute Gasteiger partial charge is 0.286 e. The van der Waals surface area contributed by atoms with Gasteiger partial charge in [0.1, 0.15) is 16.2 Å². The molecule has 36 heavy (non-hydrogen) atoms. The number of aliphatic hydroxyl groups excluding tert-OH is 1. The Morgan fingerprint density at radius 2 is 1.83 bits per heavy atom. The van der Waals surface area contributed by atoms with Crippen LogP contribution in [-0.4, -0.2) is 57.4 Å². The Morgan fingerprint density at radius 1 is 1.19 bits per heavy atom. The van der Waals surface area contributed by atoms with Gasteiger partial charge in [-0.15, -0.1) is 17.6 Å². The van der Waals surface area contributed by atoms with Gasteiger partial charge < -0.3 is 15.3 Å². The summed E-state index contributed by atoms with van der Waals surface area (Å²) in [7, 11) is -7.87. The van der Waals surface area contributed by atoms with E-state index in [0.29, 0.717) is 12.5 Å². The summed E-state index contributed by atoms with van der Waals surface area (Å²) in [4.78, 5) is 15.0. The fourth-order valence-electron chi connectivity index (χ4n) is 4.83. The Labute approximate surface area is 213 Å². The van der Waals surface area contributed by atoms with Gasteiger partial charge in [-0.25, -0.2) is 8.42 Å². The van der Waals surface area contributed by atoms with Gasteiger partial charge in [-0.1, -0.05) is 26.2 Å². The minimum absolute atomic E-state index is 0.0715. The zero-order chi connectivity index (χ0) is 26.8. The van der Waals surface area contributed by atoms with Crippen LogP contribution in [-0.2, 0) is 24.8 Å². The van der Waals surface area contributed by atoms with Gasteiger partial charge >= 0.3 is 0 Å². The molecule has 1 fully saturated rings. The van der Waals surface area contributed by atoms with Crippen molar-refractivity contribution < 1.29 is 26.7 Å². The van der Waals surface area contributed by atoms with Crippen molar-refractivity contribution in [3.63, 3.8) is 0 Å². The van der Waals surface area contributed by atoms with Gasteiger partial charge in [0.05, 0.1) is 11.9 Å². The number of carbonyl (C=O) groups excluding carboxylic acids is 1. The van der Waals surface area contributed by atoms with Crippen LogP contribution >= 0.6 is 0 Å². The average molecular weight is 539 g/mol. The molecule has 1 aromatic rings. The molecule has 4 rings (SSSR count). The first kappa shape index (κ1) is 27.7. The molecule has 0 bridgehead atoms. The van der Waals surface area contributed by atoms with Crippen molar-refractivity contribution in [3.05, 3.63) is 42.7 Å². The van der Waals surface area contributed by atoms with Crippen LogP contribution in [0.2, 0.25) is 0 Å². The topological polar surface area (TPSA) is 145 Å². The highest BCUT2D eigenvalue weighted by Crippen LogP contribution is 2.36. The van der Waals surface area contributed by atoms with Crippen LogP contribution in [0.25, 0.3) is 0 Å². The summed E-state index contributed by atoms with van der Waals surface area (Å²) < 4.78 is 55.0. The van der Waals surface area contributed by atoms with Gasteiger partial charge in [-0.05, 0) is 43.9 Å². The van der Waals surface area contributed by atoms with Crippen molar-refractivity contribution in [2.75, 3.05) is 22.8 Å². The Hall–Kier alpha value is -2.86. The van der Waals surface area contributed by atoms with Crippen LogP contribution in [0.3, 0.4) is 0 Å². The number of sulfonamides is 2. The van der Waals surface area contributed by atoms with Crippen molar-refractivity contribution in [3.8, 4) is 0 Å². The Bertz CT molecular complexity index is 1300. The maximum Gasteiger partial charge on any atom is 0.286 e. The lowest BCUT2D eigenvalue weighted by Gasteiger charge is -2.41. The number of nitrogens with one attached hydrogen (secondary N) is 2. The second-order valence-electron chi connectivity index (χ2n) is 9.38. The van der Waals surface area contributed by atoms with Crippen LogP contribution in [0.5, 0.6) is 0 Å². The number of benzene rings is 1. The van der Waals surface area contributed by atoms with E-state index in [1.807, 2.05) is 6.92 Å². The number of fused-ring (bicyclic) bond motifs is 1. The Balaban J connectivity index is 0.00000176. The van der Waals surface area contributed by atoms with E-state index in [9.17, 15) is 26.7 Å². The molecule has 0 spiro atoms. The lowest BCUT2D eigenvalue weighted by Crippen LogP contribution is -2.51. The third kappa shape index (κ3) is 5.75. The predicted octanol–water partition coefficient (Wildman–Crippen LogP) is 3.63. The first-order valence-electron chi connectivity index (χ1n) is 11.9. The van der Waals surface area contributed by atoms with E-state index in [0.717, 1.165) is 38.0 Å². The first-order chi connectivity index (χ1) is 16.9. The SMILES string of the molecule is C=C.C[C@H]1C(O)=C(C2=NS(=O)(=O)c3cc(NS(C)(=O)=O)ccc3N2)C(=O)N(CC2CCCCC2)[C@H]1C. The molecule has 1 amide bonds. The first-order valence-corrected chi connectivity index (χ1v) is 15.2. The number of hydrogen-bond donors (Lipinski definition) is 3. The molecule has 2 heterocycles. The molecule has 0 unspecified atom stereocenters. The predicted molar refractivity (Wildman–Crippen MR) is 141 cm³/mol. The van der Waals surface area contributed by atoms with Crippen LogP contribution in [0.1, 0.15) is 46.0 Å². The molecule has 3 N–H and O–H groups in total. The molecule has 3 aliphatic rings. The molecular formula is C24H34N4O6S2. The molecule has 1 aliphatic carbocycles. The summed E-state index contributed by atoms with van der Waals surface area (Å²) in [6.45, 7) is 10.2. The van der Waals surface area contributed by atoms with Gasteiger partial charge in [-0.2, -0.15) is 8.42 Å². The van der Waals surface area contributed by atoms with Crippen molar-refractivity contribution in [1.29, 1.82) is 0 Å². The normalized spacial score (nSPS) is 24.1.